The molecule has 1 saturated heterocycles. The molecule has 0 radical (unpaired) electrons. The Labute approximate surface area is 151 Å². The molecule has 1 fully saturated rings. The second kappa shape index (κ2) is 6.80. The van der Waals surface area contributed by atoms with Crippen LogP contribution in [0, 0.1) is 0 Å². The van der Waals surface area contributed by atoms with Gasteiger partial charge in [-0.3, -0.25) is 4.90 Å². The van der Waals surface area contributed by atoms with Crippen molar-refractivity contribution in [3.05, 3.63) is 34.7 Å². The summed E-state index contributed by atoms with van der Waals surface area (Å²) in [6.45, 7) is 3.59. The number of rotatable bonds is 3. The van der Waals surface area contributed by atoms with Crippen molar-refractivity contribution in [3.8, 4) is 0 Å². The summed E-state index contributed by atoms with van der Waals surface area (Å²) in [6, 6.07) is 1.05. The molecule has 0 amide bonds. The molecule has 0 N–H and O–H groups in total. The highest BCUT2D eigenvalue weighted by Crippen LogP contribution is 2.30. The topological polar surface area (TPSA) is 62.5 Å². The first kappa shape index (κ1) is 17.2. The zero-order chi connectivity index (χ0) is 18.1. The molecule has 0 atom stereocenters. The Kier molecular flexibility index (Phi) is 4.49. The molecule has 0 aromatic carbocycles. The van der Waals surface area contributed by atoms with Crippen LogP contribution in [0.15, 0.2) is 23.3 Å². The molecule has 3 aromatic rings. The van der Waals surface area contributed by atoms with Gasteiger partial charge in [-0.15, -0.1) is 11.3 Å². The average Bonchev–Trinajstić information content (AvgIpc) is 3.22. The van der Waals surface area contributed by atoms with Gasteiger partial charge in [-0.2, -0.15) is 27.8 Å². The summed E-state index contributed by atoms with van der Waals surface area (Å²) in [5.41, 5.74) is 1.87. The molecule has 138 valence electrons. The molecule has 1 aliphatic rings. The van der Waals surface area contributed by atoms with E-state index >= 15 is 0 Å². The third kappa shape index (κ3) is 3.49. The molecule has 3 aromatic heterocycles. The predicted octanol–water partition coefficient (Wildman–Crippen LogP) is 2.31. The lowest BCUT2D eigenvalue weighted by atomic mass is 10.3. The van der Waals surface area contributed by atoms with Gasteiger partial charge in [0, 0.05) is 44.2 Å². The first-order valence-electron chi connectivity index (χ1n) is 8.13. The van der Waals surface area contributed by atoms with Crippen LogP contribution in [-0.4, -0.2) is 55.6 Å². The zero-order valence-electron chi connectivity index (χ0n) is 13.7. The van der Waals surface area contributed by atoms with E-state index in [2.05, 4.69) is 25.0 Å². The predicted molar refractivity (Wildman–Crippen MR) is 90.0 cm³/mol. The molecule has 26 heavy (non-hydrogen) atoms. The van der Waals surface area contributed by atoms with Gasteiger partial charge in [-0.1, -0.05) is 0 Å². The fraction of sp³-hybridized carbons (Fsp3) is 0.467. The van der Waals surface area contributed by atoms with Crippen LogP contribution in [-0.2, 0) is 12.7 Å². The SMILES string of the molecule is FC(F)(F)c1cc(N2CCCN(Cc3cscn3)CC2)n2ncnc2n1. The van der Waals surface area contributed by atoms with Crippen molar-refractivity contribution in [2.45, 2.75) is 19.1 Å². The number of aromatic nitrogens is 5. The molecular weight excluding hydrogens is 367 g/mol. The molecular formula is C15H16F3N7S. The molecule has 0 unspecified atom stereocenters. The van der Waals surface area contributed by atoms with Gasteiger partial charge in [-0.25, -0.2) is 9.97 Å². The summed E-state index contributed by atoms with van der Waals surface area (Å²) in [7, 11) is 0. The Hall–Kier alpha value is -2.27. The average molecular weight is 383 g/mol. The van der Waals surface area contributed by atoms with Gasteiger partial charge >= 0.3 is 6.18 Å². The fourth-order valence-electron chi connectivity index (χ4n) is 3.07. The largest absolute Gasteiger partial charge is 0.433 e. The lowest BCUT2D eigenvalue weighted by Crippen LogP contribution is -2.32. The zero-order valence-corrected chi connectivity index (χ0v) is 14.5. The summed E-state index contributed by atoms with van der Waals surface area (Å²) in [5.74, 6) is 0.328. The maximum Gasteiger partial charge on any atom is 0.433 e. The highest BCUT2D eigenvalue weighted by molar-refractivity contribution is 7.07. The minimum absolute atomic E-state index is 0.0431. The highest BCUT2D eigenvalue weighted by atomic mass is 32.1. The van der Waals surface area contributed by atoms with E-state index in [-0.39, 0.29) is 5.78 Å². The van der Waals surface area contributed by atoms with Crippen molar-refractivity contribution in [2.75, 3.05) is 31.1 Å². The van der Waals surface area contributed by atoms with Crippen LogP contribution in [0.3, 0.4) is 0 Å². The Balaban J connectivity index is 1.58. The second-order valence-corrected chi connectivity index (χ2v) is 6.78. The van der Waals surface area contributed by atoms with Gasteiger partial charge < -0.3 is 4.90 Å². The third-order valence-corrected chi connectivity index (χ3v) is 4.94. The number of nitrogens with zero attached hydrogens (tertiary/aromatic N) is 7. The Morgan fingerprint density at radius 3 is 2.77 bits per heavy atom. The van der Waals surface area contributed by atoms with E-state index in [0.29, 0.717) is 18.9 Å². The van der Waals surface area contributed by atoms with E-state index in [0.717, 1.165) is 37.8 Å². The number of thiazole rings is 1. The van der Waals surface area contributed by atoms with Gasteiger partial charge in [0.1, 0.15) is 12.1 Å². The van der Waals surface area contributed by atoms with Gasteiger partial charge in [0.15, 0.2) is 5.69 Å². The Morgan fingerprint density at radius 2 is 2.00 bits per heavy atom. The van der Waals surface area contributed by atoms with Crippen LogP contribution in [0.5, 0.6) is 0 Å². The Bertz CT molecular complexity index is 877. The molecule has 7 nitrogen and oxygen atoms in total. The third-order valence-electron chi connectivity index (χ3n) is 4.31. The quantitative estimate of drug-likeness (QED) is 0.692. The van der Waals surface area contributed by atoms with Crippen LogP contribution in [0.4, 0.5) is 19.0 Å². The number of anilines is 1. The molecule has 0 bridgehead atoms. The molecule has 0 saturated carbocycles. The van der Waals surface area contributed by atoms with Crippen molar-refractivity contribution < 1.29 is 13.2 Å². The number of alkyl halides is 3. The molecule has 0 aliphatic carbocycles. The van der Waals surface area contributed by atoms with Crippen molar-refractivity contribution in [1.82, 2.24) is 29.5 Å². The summed E-state index contributed by atoms with van der Waals surface area (Å²) in [5, 5.41) is 6.05. The number of halogens is 3. The maximum atomic E-state index is 13.2. The maximum absolute atomic E-state index is 13.2. The van der Waals surface area contributed by atoms with E-state index in [1.54, 1.807) is 16.8 Å². The van der Waals surface area contributed by atoms with Crippen LogP contribution >= 0.6 is 11.3 Å². The van der Waals surface area contributed by atoms with Gasteiger partial charge in [-0.05, 0) is 6.42 Å². The molecule has 4 rings (SSSR count). The van der Waals surface area contributed by atoms with E-state index in [1.165, 1.54) is 10.8 Å². The monoisotopic (exact) mass is 383 g/mol. The molecule has 0 spiro atoms. The number of hydrogen-bond donors (Lipinski definition) is 0. The minimum Gasteiger partial charge on any atom is -0.355 e. The number of hydrogen-bond acceptors (Lipinski definition) is 7. The summed E-state index contributed by atoms with van der Waals surface area (Å²) in [4.78, 5) is 15.9. The van der Waals surface area contributed by atoms with Crippen molar-refractivity contribution >= 4 is 22.9 Å². The first-order chi connectivity index (χ1) is 12.5. The summed E-state index contributed by atoms with van der Waals surface area (Å²) >= 11 is 1.56. The van der Waals surface area contributed by atoms with E-state index in [4.69, 9.17) is 0 Å². The van der Waals surface area contributed by atoms with Gasteiger partial charge in [0.25, 0.3) is 5.78 Å². The van der Waals surface area contributed by atoms with E-state index in [9.17, 15) is 13.2 Å². The molecule has 4 heterocycles. The van der Waals surface area contributed by atoms with Crippen LogP contribution < -0.4 is 4.90 Å². The lowest BCUT2D eigenvalue weighted by molar-refractivity contribution is -0.141. The number of fused-ring (bicyclic) bond motifs is 1. The fourth-order valence-corrected chi connectivity index (χ4v) is 3.62. The lowest BCUT2D eigenvalue weighted by Gasteiger charge is -2.24. The second-order valence-electron chi connectivity index (χ2n) is 6.07. The smallest absolute Gasteiger partial charge is 0.355 e. The highest BCUT2D eigenvalue weighted by Gasteiger charge is 2.34. The first-order valence-corrected chi connectivity index (χ1v) is 9.07. The van der Waals surface area contributed by atoms with Gasteiger partial charge in [0.2, 0.25) is 0 Å². The Morgan fingerprint density at radius 1 is 1.12 bits per heavy atom. The summed E-state index contributed by atoms with van der Waals surface area (Å²) < 4.78 is 40.9. The van der Waals surface area contributed by atoms with E-state index < -0.39 is 11.9 Å². The summed E-state index contributed by atoms with van der Waals surface area (Å²) in [6.07, 6.45) is -2.46. The molecule has 11 heteroatoms. The van der Waals surface area contributed by atoms with Crippen molar-refractivity contribution in [3.63, 3.8) is 0 Å². The van der Waals surface area contributed by atoms with Crippen LogP contribution in [0.25, 0.3) is 5.78 Å². The normalized spacial score (nSPS) is 17.0. The van der Waals surface area contributed by atoms with Gasteiger partial charge in [0.05, 0.1) is 11.2 Å². The molecule has 1 aliphatic heterocycles. The van der Waals surface area contributed by atoms with Crippen molar-refractivity contribution in [2.24, 2.45) is 0 Å². The van der Waals surface area contributed by atoms with Crippen molar-refractivity contribution in [1.29, 1.82) is 0 Å². The van der Waals surface area contributed by atoms with Crippen LogP contribution in [0.2, 0.25) is 0 Å². The van der Waals surface area contributed by atoms with E-state index in [1.807, 2.05) is 10.3 Å². The van der Waals surface area contributed by atoms with Crippen LogP contribution in [0.1, 0.15) is 17.8 Å². The standard InChI is InChI=1S/C15H16F3N7S/c16-15(17,18)12-6-13(25-14(22-12)19-9-21-25)24-3-1-2-23(4-5-24)7-11-8-26-10-20-11/h6,8-10H,1-5,7H2. The minimum atomic E-state index is -4.52.